The Bertz CT molecular complexity index is 274. The van der Waals surface area contributed by atoms with Crippen molar-refractivity contribution in [2.24, 2.45) is 0 Å². The number of rotatable bonds is 4. The third-order valence-corrected chi connectivity index (χ3v) is 3.16. The minimum atomic E-state index is -0.403. The SMILES string of the molecule is FCc1ccc(CCCBr)cc1Br. The zero-order valence-corrected chi connectivity index (χ0v) is 10.4. The fraction of sp³-hybridized carbons (Fsp3) is 0.400. The molecule has 0 unspecified atom stereocenters. The van der Waals surface area contributed by atoms with Crippen LogP contribution in [-0.2, 0) is 13.1 Å². The molecule has 0 aliphatic heterocycles. The topological polar surface area (TPSA) is 0 Å². The molecule has 1 aromatic carbocycles. The third kappa shape index (κ3) is 3.39. The second-order valence-corrected chi connectivity index (χ2v) is 4.50. The molecule has 0 aliphatic carbocycles. The van der Waals surface area contributed by atoms with E-state index in [-0.39, 0.29) is 0 Å². The average molecular weight is 310 g/mol. The number of halogens is 3. The van der Waals surface area contributed by atoms with Gasteiger partial charge >= 0.3 is 0 Å². The second-order valence-electron chi connectivity index (χ2n) is 2.85. The maximum Gasteiger partial charge on any atom is 0.116 e. The third-order valence-electron chi connectivity index (χ3n) is 1.86. The molecule has 0 atom stereocenters. The molecule has 0 amide bonds. The van der Waals surface area contributed by atoms with Crippen LogP contribution in [0.15, 0.2) is 22.7 Å². The number of hydrogen-bond donors (Lipinski definition) is 0. The van der Waals surface area contributed by atoms with E-state index >= 15 is 0 Å². The van der Waals surface area contributed by atoms with Gasteiger partial charge in [0.25, 0.3) is 0 Å². The molecular formula is C10H11Br2F. The van der Waals surface area contributed by atoms with Crippen LogP contribution in [0.25, 0.3) is 0 Å². The van der Waals surface area contributed by atoms with Gasteiger partial charge in [-0.1, -0.05) is 44.0 Å². The summed E-state index contributed by atoms with van der Waals surface area (Å²) in [5.41, 5.74) is 1.98. The van der Waals surface area contributed by atoms with Crippen LogP contribution in [0.5, 0.6) is 0 Å². The highest BCUT2D eigenvalue weighted by Gasteiger charge is 2.00. The smallest absolute Gasteiger partial charge is 0.116 e. The van der Waals surface area contributed by atoms with Gasteiger partial charge in [0.05, 0.1) is 0 Å². The van der Waals surface area contributed by atoms with Gasteiger partial charge in [-0.15, -0.1) is 0 Å². The quantitative estimate of drug-likeness (QED) is 0.730. The Kier molecular flexibility index (Phi) is 4.96. The van der Waals surface area contributed by atoms with Gasteiger partial charge in [0, 0.05) is 9.80 Å². The maximum atomic E-state index is 12.3. The molecule has 0 N–H and O–H groups in total. The first-order valence-corrected chi connectivity index (χ1v) is 6.08. The largest absolute Gasteiger partial charge is 0.246 e. The summed E-state index contributed by atoms with van der Waals surface area (Å²) in [6.45, 7) is -0.403. The lowest BCUT2D eigenvalue weighted by Gasteiger charge is -2.03. The van der Waals surface area contributed by atoms with Crippen LogP contribution in [0.4, 0.5) is 4.39 Å². The second kappa shape index (κ2) is 5.76. The van der Waals surface area contributed by atoms with Crippen molar-refractivity contribution in [3.8, 4) is 0 Å². The first-order chi connectivity index (χ1) is 6.27. The zero-order chi connectivity index (χ0) is 9.68. The van der Waals surface area contributed by atoms with E-state index in [1.165, 1.54) is 5.56 Å². The molecule has 3 heteroatoms. The highest BCUT2D eigenvalue weighted by atomic mass is 79.9. The van der Waals surface area contributed by atoms with Crippen LogP contribution in [0.1, 0.15) is 17.5 Å². The van der Waals surface area contributed by atoms with Crippen molar-refractivity contribution in [2.75, 3.05) is 5.33 Å². The number of aryl methyl sites for hydroxylation is 1. The molecule has 0 heterocycles. The summed E-state index contributed by atoms with van der Waals surface area (Å²) in [4.78, 5) is 0. The molecule has 13 heavy (non-hydrogen) atoms. The van der Waals surface area contributed by atoms with Gasteiger partial charge in [-0.05, 0) is 30.0 Å². The molecule has 0 saturated heterocycles. The van der Waals surface area contributed by atoms with Gasteiger partial charge in [-0.3, -0.25) is 0 Å². The highest BCUT2D eigenvalue weighted by molar-refractivity contribution is 9.10. The Balaban J connectivity index is 2.71. The molecule has 72 valence electrons. The van der Waals surface area contributed by atoms with E-state index in [0.29, 0.717) is 0 Å². The molecule has 0 nitrogen and oxygen atoms in total. The van der Waals surface area contributed by atoms with Crippen LogP contribution in [0.2, 0.25) is 0 Å². The Morgan fingerprint density at radius 3 is 2.62 bits per heavy atom. The zero-order valence-electron chi connectivity index (χ0n) is 7.19. The fourth-order valence-electron chi connectivity index (χ4n) is 1.13. The molecule has 0 aromatic heterocycles. The number of hydrogen-bond acceptors (Lipinski definition) is 0. The lowest BCUT2D eigenvalue weighted by Crippen LogP contribution is -1.88. The summed E-state index contributed by atoms with van der Waals surface area (Å²) in [5, 5.41) is 1.01. The van der Waals surface area contributed by atoms with Crippen molar-refractivity contribution in [1.29, 1.82) is 0 Å². The van der Waals surface area contributed by atoms with E-state index in [1.54, 1.807) is 0 Å². The van der Waals surface area contributed by atoms with Crippen LogP contribution >= 0.6 is 31.9 Å². The van der Waals surface area contributed by atoms with Crippen molar-refractivity contribution in [1.82, 2.24) is 0 Å². The summed E-state index contributed by atoms with van der Waals surface area (Å²) in [7, 11) is 0. The van der Waals surface area contributed by atoms with Crippen LogP contribution in [0.3, 0.4) is 0 Å². The van der Waals surface area contributed by atoms with E-state index in [4.69, 9.17) is 0 Å². The van der Waals surface area contributed by atoms with E-state index < -0.39 is 6.67 Å². The number of benzene rings is 1. The molecule has 0 spiro atoms. The van der Waals surface area contributed by atoms with Gasteiger partial charge in [0.1, 0.15) is 6.67 Å². The van der Waals surface area contributed by atoms with Crippen molar-refractivity contribution < 1.29 is 4.39 Å². The predicted molar refractivity (Wildman–Crippen MR) is 61.1 cm³/mol. The molecule has 0 fully saturated rings. The Labute approximate surface area is 94.8 Å². The molecule has 0 aliphatic rings. The summed E-state index contributed by atoms with van der Waals surface area (Å²) in [6, 6.07) is 5.83. The standard InChI is InChI=1S/C10H11Br2F/c11-5-1-2-8-3-4-9(7-13)10(12)6-8/h3-4,6H,1-2,5,7H2. The molecule has 0 radical (unpaired) electrons. The Morgan fingerprint density at radius 2 is 2.08 bits per heavy atom. The molecule has 1 rings (SSSR count). The van der Waals surface area contributed by atoms with Gasteiger partial charge in [-0.2, -0.15) is 0 Å². The van der Waals surface area contributed by atoms with Gasteiger partial charge in [0.15, 0.2) is 0 Å². The van der Waals surface area contributed by atoms with Gasteiger partial charge < -0.3 is 0 Å². The van der Waals surface area contributed by atoms with Crippen LogP contribution in [0, 0.1) is 0 Å². The van der Waals surface area contributed by atoms with E-state index in [1.807, 2.05) is 18.2 Å². The minimum absolute atomic E-state index is 0.403. The first kappa shape index (κ1) is 11.2. The Hall–Kier alpha value is 0.110. The summed E-state index contributed by atoms with van der Waals surface area (Å²) in [5.74, 6) is 0. The lowest BCUT2D eigenvalue weighted by atomic mass is 10.1. The van der Waals surface area contributed by atoms with Crippen molar-refractivity contribution in [3.63, 3.8) is 0 Å². The molecule has 1 aromatic rings. The van der Waals surface area contributed by atoms with Crippen molar-refractivity contribution in [3.05, 3.63) is 33.8 Å². The van der Waals surface area contributed by atoms with Gasteiger partial charge in [0.2, 0.25) is 0 Å². The normalized spacial score (nSPS) is 10.4. The molecule has 0 saturated carbocycles. The number of alkyl halides is 2. The molecular weight excluding hydrogens is 299 g/mol. The average Bonchev–Trinajstić information content (AvgIpc) is 2.15. The summed E-state index contributed by atoms with van der Waals surface area (Å²) in [6.07, 6.45) is 2.15. The highest BCUT2D eigenvalue weighted by Crippen LogP contribution is 2.20. The minimum Gasteiger partial charge on any atom is -0.246 e. The maximum absolute atomic E-state index is 12.3. The first-order valence-electron chi connectivity index (χ1n) is 4.17. The van der Waals surface area contributed by atoms with Crippen LogP contribution < -0.4 is 0 Å². The molecule has 0 bridgehead atoms. The van der Waals surface area contributed by atoms with Crippen LogP contribution in [-0.4, -0.2) is 5.33 Å². The van der Waals surface area contributed by atoms with Crippen molar-refractivity contribution in [2.45, 2.75) is 19.5 Å². The fourth-order valence-corrected chi connectivity index (χ4v) is 1.94. The summed E-state index contributed by atoms with van der Waals surface area (Å²) >= 11 is 6.73. The predicted octanol–water partition coefficient (Wildman–Crippen LogP) is 4.25. The van der Waals surface area contributed by atoms with Gasteiger partial charge in [-0.25, -0.2) is 4.39 Å². The lowest BCUT2D eigenvalue weighted by molar-refractivity contribution is 0.484. The summed E-state index contributed by atoms with van der Waals surface area (Å²) < 4.78 is 13.2. The van der Waals surface area contributed by atoms with E-state index in [9.17, 15) is 4.39 Å². The van der Waals surface area contributed by atoms with E-state index in [2.05, 4.69) is 31.9 Å². The monoisotopic (exact) mass is 308 g/mol. The van der Waals surface area contributed by atoms with E-state index in [0.717, 1.165) is 28.2 Å². The van der Waals surface area contributed by atoms with Crippen molar-refractivity contribution >= 4 is 31.9 Å². The Morgan fingerprint density at radius 1 is 1.31 bits per heavy atom.